The summed E-state index contributed by atoms with van der Waals surface area (Å²) < 4.78 is 7.16. The second kappa shape index (κ2) is 7.40. The van der Waals surface area contributed by atoms with Crippen LogP contribution >= 0.6 is 22.6 Å². The van der Waals surface area contributed by atoms with E-state index in [2.05, 4.69) is 95.4 Å². The highest BCUT2D eigenvalue weighted by Crippen LogP contribution is 2.33. The zero-order chi connectivity index (χ0) is 17.1. The predicted molar refractivity (Wildman–Crippen MR) is 110 cm³/mol. The summed E-state index contributed by atoms with van der Waals surface area (Å²) in [6.45, 7) is 0.606. The summed E-state index contributed by atoms with van der Waals surface area (Å²) in [5.41, 5.74) is 3.62. The van der Waals surface area contributed by atoms with E-state index in [9.17, 15) is 0 Å². The average Bonchev–Trinajstić information content (AvgIpc) is 3.13. The first kappa shape index (κ1) is 16.3. The maximum Gasteiger partial charge on any atom is 0.217 e. The van der Waals surface area contributed by atoms with Gasteiger partial charge in [-0.25, -0.2) is 4.99 Å². The Kier molecular flexibility index (Phi) is 4.83. The van der Waals surface area contributed by atoms with E-state index in [1.54, 1.807) is 0 Å². The lowest BCUT2D eigenvalue weighted by molar-refractivity contribution is 0.308. The zero-order valence-corrected chi connectivity index (χ0v) is 15.8. The van der Waals surface area contributed by atoms with Crippen molar-refractivity contribution in [3.63, 3.8) is 0 Å². The van der Waals surface area contributed by atoms with Crippen LogP contribution in [0.1, 0.15) is 22.6 Å². The van der Waals surface area contributed by atoms with Crippen LogP contribution in [0.2, 0.25) is 0 Å². The molecule has 0 spiro atoms. The third-order valence-electron chi connectivity index (χ3n) is 4.48. The van der Waals surface area contributed by atoms with Crippen molar-refractivity contribution in [3.05, 3.63) is 105 Å². The van der Waals surface area contributed by atoms with Gasteiger partial charge < -0.3 is 4.74 Å². The SMILES string of the molecule is Ic1ccccc1C1=NC(C(c2ccccc2)c2ccccc2)CO1. The second-order valence-electron chi connectivity index (χ2n) is 6.09. The molecule has 4 rings (SSSR count). The summed E-state index contributed by atoms with van der Waals surface area (Å²) >= 11 is 2.34. The minimum absolute atomic E-state index is 0.0795. The molecule has 1 aliphatic heterocycles. The molecule has 0 aliphatic carbocycles. The summed E-state index contributed by atoms with van der Waals surface area (Å²) in [5.74, 6) is 0.952. The van der Waals surface area contributed by atoms with Gasteiger partial charge in [0.25, 0.3) is 0 Å². The fraction of sp³-hybridized carbons (Fsp3) is 0.136. The number of hydrogen-bond acceptors (Lipinski definition) is 2. The highest BCUT2D eigenvalue weighted by atomic mass is 127. The summed E-state index contributed by atoms with van der Waals surface area (Å²) in [6, 6.07) is 29.5. The Hall–Kier alpha value is -2.14. The fourth-order valence-electron chi connectivity index (χ4n) is 3.30. The van der Waals surface area contributed by atoms with Crippen LogP contribution in [0.5, 0.6) is 0 Å². The molecular formula is C22H18INO. The lowest BCUT2D eigenvalue weighted by Crippen LogP contribution is -2.19. The van der Waals surface area contributed by atoms with Gasteiger partial charge in [-0.15, -0.1) is 0 Å². The van der Waals surface area contributed by atoms with Crippen molar-refractivity contribution in [1.29, 1.82) is 0 Å². The van der Waals surface area contributed by atoms with Crippen LogP contribution in [0, 0.1) is 3.57 Å². The smallest absolute Gasteiger partial charge is 0.217 e. The summed E-state index contributed by atoms with van der Waals surface area (Å²) in [5, 5.41) is 0. The first-order valence-electron chi connectivity index (χ1n) is 8.38. The molecular weight excluding hydrogens is 421 g/mol. The van der Waals surface area contributed by atoms with Crippen LogP contribution in [-0.2, 0) is 4.74 Å². The van der Waals surface area contributed by atoms with Crippen molar-refractivity contribution in [2.75, 3.05) is 6.61 Å². The van der Waals surface area contributed by atoms with Crippen molar-refractivity contribution < 1.29 is 4.74 Å². The van der Waals surface area contributed by atoms with Gasteiger partial charge >= 0.3 is 0 Å². The Balaban J connectivity index is 1.73. The first-order chi connectivity index (χ1) is 12.3. The Morgan fingerprint density at radius 1 is 0.800 bits per heavy atom. The summed E-state index contributed by atoms with van der Waals surface area (Å²) in [7, 11) is 0. The molecule has 124 valence electrons. The molecule has 2 nitrogen and oxygen atoms in total. The minimum Gasteiger partial charge on any atom is -0.475 e. The van der Waals surface area contributed by atoms with Crippen molar-refractivity contribution in [2.24, 2.45) is 4.99 Å². The summed E-state index contributed by atoms with van der Waals surface area (Å²) in [4.78, 5) is 4.96. The fourth-order valence-corrected chi connectivity index (χ4v) is 3.92. The van der Waals surface area contributed by atoms with E-state index in [1.807, 2.05) is 12.1 Å². The molecule has 0 radical (unpaired) electrons. The molecule has 1 atom stereocenters. The van der Waals surface area contributed by atoms with Gasteiger partial charge in [-0.3, -0.25) is 0 Å². The first-order valence-corrected chi connectivity index (χ1v) is 9.46. The van der Waals surface area contributed by atoms with E-state index >= 15 is 0 Å². The van der Waals surface area contributed by atoms with E-state index < -0.39 is 0 Å². The number of halogens is 1. The van der Waals surface area contributed by atoms with E-state index in [0.29, 0.717) is 6.61 Å². The monoisotopic (exact) mass is 439 g/mol. The Labute approximate surface area is 161 Å². The van der Waals surface area contributed by atoms with Crippen molar-refractivity contribution in [2.45, 2.75) is 12.0 Å². The van der Waals surface area contributed by atoms with Crippen LogP contribution in [0.15, 0.2) is 89.9 Å². The molecule has 1 aliphatic rings. The number of benzene rings is 3. The minimum atomic E-state index is 0.0795. The van der Waals surface area contributed by atoms with E-state index in [0.717, 1.165) is 15.0 Å². The Bertz CT molecular complexity index is 837. The van der Waals surface area contributed by atoms with Crippen LogP contribution < -0.4 is 0 Å². The molecule has 3 aromatic carbocycles. The number of ether oxygens (including phenoxy) is 1. The van der Waals surface area contributed by atoms with E-state index in [4.69, 9.17) is 9.73 Å². The molecule has 3 aromatic rings. The molecule has 0 N–H and O–H groups in total. The molecule has 3 heteroatoms. The number of rotatable bonds is 4. The highest BCUT2D eigenvalue weighted by Gasteiger charge is 2.31. The number of nitrogens with zero attached hydrogens (tertiary/aromatic N) is 1. The van der Waals surface area contributed by atoms with Crippen molar-refractivity contribution >= 4 is 28.5 Å². The third-order valence-corrected chi connectivity index (χ3v) is 5.42. The summed E-state index contributed by atoms with van der Waals surface area (Å²) in [6.07, 6.45) is 0. The van der Waals surface area contributed by atoms with Crippen molar-refractivity contribution in [1.82, 2.24) is 0 Å². The highest BCUT2D eigenvalue weighted by molar-refractivity contribution is 14.1. The van der Waals surface area contributed by atoms with E-state index in [-0.39, 0.29) is 12.0 Å². The zero-order valence-electron chi connectivity index (χ0n) is 13.7. The van der Waals surface area contributed by atoms with Crippen LogP contribution in [-0.4, -0.2) is 18.5 Å². The number of aliphatic imine (C=N–C) groups is 1. The molecule has 25 heavy (non-hydrogen) atoms. The standard InChI is InChI=1S/C22H18INO/c23-19-14-8-7-13-18(19)22-24-20(15-25-22)21(16-9-3-1-4-10-16)17-11-5-2-6-12-17/h1-14,20-21H,15H2. The molecule has 0 amide bonds. The van der Waals surface area contributed by atoms with Gasteiger partial charge in [-0.2, -0.15) is 0 Å². The average molecular weight is 439 g/mol. The van der Waals surface area contributed by atoms with Gasteiger partial charge in [-0.1, -0.05) is 72.8 Å². The Morgan fingerprint density at radius 3 is 1.96 bits per heavy atom. The molecule has 0 bridgehead atoms. The maximum absolute atomic E-state index is 6.00. The van der Waals surface area contributed by atoms with Crippen LogP contribution in [0.3, 0.4) is 0 Å². The van der Waals surface area contributed by atoms with Gasteiger partial charge in [0.15, 0.2) is 0 Å². The van der Waals surface area contributed by atoms with Gasteiger partial charge in [-0.05, 0) is 45.9 Å². The lowest BCUT2D eigenvalue weighted by Gasteiger charge is -2.21. The van der Waals surface area contributed by atoms with Gasteiger partial charge in [0.2, 0.25) is 5.90 Å². The maximum atomic E-state index is 6.00. The van der Waals surface area contributed by atoms with E-state index in [1.165, 1.54) is 11.1 Å². The van der Waals surface area contributed by atoms with Crippen LogP contribution in [0.4, 0.5) is 0 Å². The molecule has 0 saturated carbocycles. The molecule has 0 saturated heterocycles. The topological polar surface area (TPSA) is 21.6 Å². The van der Waals surface area contributed by atoms with Gasteiger partial charge in [0, 0.05) is 15.1 Å². The normalized spacial score (nSPS) is 16.6. The largest absolute Gasteiger partial charge is 0.475 e. The second-order valence-corrected chi connectivity index (χ2v) is 7.25. The molecule has 1 unspecified atom stereocenters. The molecule has 0 fully saturated rings. The third kappa shape index (κ3) is 3.47. The molecule has 1 heterocycles. The van der Waals surface area contributed by atoms with Crippen LogP contribution in [0.25, 0.3) is 0 Å². The van der Waals surface area contributed by atoms with Gasteiger partial charge in [0.05, 0.1) is 6.04 Å². The quantitative estimate of drug-likeness (QED) is 0.508. The predicted octanol–water partition coefficient (Wildman–Crippen LogP) is 5.27. The molecule has 0 aromatic heterocycles. The Morgan fingerprint density at radius 2 is 1.36 bits per heavy atom. The van der Waals surface area contributed by atoms with Crippen molar-refractivity contribution in [3.8, 4) is 0 Å². The van der Waals surface area contributed by atoms with Gasteiger partial charge in [0.1, 0.15) is 6.61 Å². The lowest BCUT2D eigenvalue weighted by atomic mass is 9.86. The number of hydrogen-bond donors (Lipinski definition) is 0.